The molecule has 0 spiro atoms. The average molecular weight is 363 g/mol. The number of nitrogens with zero attached hydrogens (tertiary/aromatic N) is 2. The number of pyridine rings is 1. The highest BCUT2D eigenvalue weighted by Gasteiger charge is 2.30. The summed E-state index contributed by atoms with van der Waals surface area (Å²) >= 11 is 0. The number of hydrogen-bond acceptors (Lipinski definition) is 3. The van der Waals surface area contributed by atoms with Gasteiger partial charge in [-0.1, -0.05) is 18.2 Å². The number of hydrogen-bond donors (Lipinski definition) is 1. The first-order chi connectivity index (χ1) is 12.4. The Balaban J connectivity index is 1.60. The zero-order valence-electron chi connectivity index (χ0n) is 14.2. The second kappa shape index (κ2) is 7.86. The van der Waals surface area contributed by atoms with Gasteiger partial charge < -0.3 is 5.32 Å². The highest BCUT2D eigenvalue weighted by atomic mass is 19.4. The highest BCUT2D eigenvalue weighted by Crippen LogP contribution is 2.30. The van der Waals surface area contributed by atoms with Crippen LogP contribution < -0.4 is 5.32 Å². The number of nitrogens with one attached hydrogen (secondary N) is 1. The van der Waals surface area contributed by atoms with Crippen molar-refractivity contribution >= 4 is 5.91 Å². The van der Waals surface area contributed by atoms with Crippen molar-refractivity contribution in [2.45, 2.75) is 31.6 Å². The lowest BCUT2D eigenvalue weighted by atomic mass is 10.0. The van der Waals surface area contributed by atoms with Crippen molar-refractivity contribution < 1.29 is 18.0 Å². The number of carbonyl (C=O) groups is 1. The third kappa shape index (κ3) is 4.82. The molecule has 3 rings (SSSR count). The van der Waals surface area contributed by atoms with E-state index < -0.39 is 11.7 Å². The van der Waals surface area contributed by atoms with Gasteiger partial charge in [0.2, 0.25) is 0 Å². The highest BCUT2D eigenvalue weighted by molar-refractivity contribution is 5.94. The van der Waals surface area contributed by atoms with E-state index in [-0.39, 0.29) is 11.9 Å². The minimum Gasteiger partial charge on any atom is -0.348 e. The topological polar surface area (TPSA) is 45.2 Å². The Labute approximate surface area is 150 Å². The molecule has 4 nitrogen and oxygen atoms in total. The van der Waals surface area contributed by atoms with E-state index in [4.69, 9.17) is 0 Å². The molecule has 1 amide bonds. The maximum absolute atomic E-state index is 12.8. The quantitative estimate of drug-likeness (QED) is 0.904. The first-order valence-electron chi connectivity index (χ1n) is 8.51. The summed E-state index contributed by atoms with van der Waals surface area (Å²) < 4.78 is 38.5. The molecule has 1 saturated heterocycles. The van der Waals surface area contributed by atoms with E-state index >= 15 is 0 Å². The Kier molecular flexibility index (Phi) is 5.56. The summed E-state index contributed by atoms with van der Waals surface area (Å²) in [5.41, 5.74) is 0.495. The molecule has 1 aromatic carbocycles. The summed E-state index contributed by atoms with van der Waals surface area (Å²) in [5.74, 6) is -0.177. The summed E-state index contributed by atoms with van der Waals surface area (Å²) in [6.45, 7) is 1.85. The Bertz CT molecular complexity index is 749. The minimum absolute atomic E-state index is 0.0257. The fourth-order valence-electron chi connectivity index (χ4n) is 3.19. The second-order valence-electron chi connectivity index (χ2n) is 6.49. The Morgan fingerprint density at radius 1 is 1.27 bits per heavy atom. The SMILES string of the molecule is O=C(NC1CCCN(Cc2cccc(C(F)(F)F)c2)C1)c1cccnc1. The summed E-state index contributed by atoms with van der Waals surface area (Å²) in [5, 5.41) is 2.99. The first-order valence-corrected chi connectivity index (χ1v) is 8.51. The molecule has 0 bridgehead atoms. The van der Waals surface area contributed by atoms with Crippen LogP contribution in [0.15, 0.2) is 48.8 Å². The zero-order chi connectivity index (χ0) is 18.6. The summed E-state index contributed by atoms with van der Waals surface area (Å²) in [6.07, 6.45) is 0.521. The molecule has 0 saturated carbocycles. The number of piperidine rings is 1. The van der Waals surface area contributed by atoms with Crippen LogP contribution in [0.2, 0.25) is 0 Å². The number of amides is 1. The molecule has 1 aliphatic heterocycles. The lowest BCUT2D eigenvalue weighted by Gasteiger charge is -2.33. The van der Waals surface area contributed by atoms with Crippen LogP contribution in [-0.4, -0.2) is 34.9 Å². The number of halogens is 3. The van der Waals surface area contributed by atoms with Crippen LogP contribution in [0.25, 0.3) is 0 Å². The molecule has 1 fully saturated rings. The molecule has 7 heteroatoms. The number of aromatic nitrogens is 1. The first kappa shape index (κ1) is 18.4. The monoisotopic (exact) mass is 363 g/mol. The van der Waals surface area contributed by atoms with E-state index in [0.717, 1.165) is 25.5 Å². The zero-order valence-corrected chi connectivity index (χ0v) is 14.2. The third-order valence-electron chi connectivity index (χ3n) is 4.42. The van der Waals surface area contributed by atoms with Gasteiger partial charge in [-0.25, -0.2) is 0 Å². The van der Waals surface area contributed by atoms with Gasteiger partial charge in [-0.15, -0.1) is 0 Å². The van der Waals surface area contributed by atoms with Crippen molar-refractivity contribution in [1.29, 1.82) is 0 Å². The van der Waals surface area contributed by atoms with Crippen molar-refractivity contribution in [1.82, 2.24) is 15.2 Å². The lowest BCUT2D eigenvalue weighted by molar-refractivity contribution is -0.137. The van der Waals surface area contributed by atoms with Crippen molar-refractivity contribution in [3.05, 3.63) is 65.5 Å². The standard InChI is InChI=1S/C19H20F3N3O/c20-19(21,22)16-6-1-4-14(10-16)12-25-9-3-7-17(13-25)24-18(26)15-5-2-8-23-11-15/h1-2,4-6,8,10-11,17H,3,7,9,12-13H2,(H,24,26). The van der Waals surface area contributed by atoms with Gasteiger partial charge in [-0.3, -0.25) is 14.7 Å². The molecule has 1 atom stereocenters. The largest absolute Gasteiger partial charge is 0.416 e. The van der Waals surface area contributed by atoms with Crippen molar-refractivity contribution in [3.8, 4) is 0 Å². The maximum Gasteiger partial charge on any atom is 0.416 e. The van der Waals surface area contributed by atoms with Crippen LogP contribution in [0.5, 0.6) is 0 Å². The van der Waals surface area contributed by atoms with E-state index in [9.17, 15) is 18.0 Å². The van der Waals surface area contributed by atoms with Gasteiger partial charge in [0.25, 0.3) is 5.91 Å². The van der Waals surface area contributed by atoms with Gasteiger partial charge in [0.05, 0.1) is 11.1 Å². The molecular formula is C19H20F3N3O. The number of benzene rings is 1. The molecule has 1 aromatic heterocycles. The Morgan fingerprint density at radius 3 is 2.85 bits per heavy atom. The number of alkyl halides is 3. The van der Waals surface area contributed by atoms with Crippen molar-refractivity contribution in [3.63, 3.8) is 0 Å². The van der Waals surface area contributed by atoms with Gasteiger partial charge in [0.15, 0.2) is 0 Å². The normalized spacial score (nSPS) is 18.5. The Hall–Kier alpha value is -2.41. The molecule has 0 radical (unpaired) electrons. The van der Waals surface area contributed by atoms with E-state index in [1.165, 1.54) is 18.3 Å². The predicted molar refractivity (Wildman–Crippen MR) is 91.4 cm³/mol. The van der Waals surface area contributed by atoms with Gasteiger partial charge >= 0.3 is 6.18 Å². The number of rotatable bonds is 4. The smallest absolute Gasteiger partial charge is 0.348 e. The summed E-state index contributed by atoms with van der Waals surface area (Å²) in [7, 11) is 0. The summed E-state index contributed by atoms with van der Waals surface area (Å²) in [6, 6.07) is 8.79. The van der Waals surface area contributed by atoms with Crippen molar-refractivity contribution in [2.75, 3.05) is 13.1 Å². The third-order valence-corrected chi connectivity index (χ3v) is 4.42. The predicted octanol–water partition coefficient (Wildman–Crippen LogP) is 3.49. The van der Waals surface area contributed by atoms with Gasteiger partial charge in [0, 0.05) is 31.5 Å². The van der Waals surface area contributed by atoms with Gasteiger partial charge in [0.1, 0.15) is 0 Å². The molecule has 26 heavy (non-hydrogen) atoms. The maximum atomic E-state index is 12.8. The van der Waals surface area contributed by atoms with Crippen LogP contribution >= 0.6 is 0 Å². The molecule has 2 heterocycles. The van der Waals surface area contributed by atoms with Crippen LogP contribution in [0.1, 0.15) is 34.3 Å². The van der Waals surface area contributed by atoms with Crippen LogP contribution in [0.4, 0.5) is 13.2 Å². The van der Waals surface area contributed by atoms with Crippen LogP contribution in [-0.2, 0) is 12.7 Å². The van der Waals surface area contributed by atoms with Crippen molar-refractivity contribution in [2.24, 2.45) is 0 Å². The van der Waals surface area contributed by atoms with E-state index in [1.807, 2.05) is 0 Å². The number of carbonyl (C=O) groups excluding carboxylic acids is 1. The second-order valence-corrected chi connectivity index (χ2v) is 6.49. The molecule has 1 unspecified atom stereocenters. The lowest BCUT2D eigenvalue weighted by Crippen LogP contribution is -2.47. The van der Waals surface area contributed by atoms with Gasteiger partial charge in [-0.2, -0.15) is 13.2 Å². The molecular weight excluding hydrogens is 343 g/mol. The minimum atomic E-state index is -4.34. The fourth-order valence-corrected chi connectivity index (χ4v) is 3.19. The average Bonchev–Trinajstić information content (AvgIpc) is 2.62. The Morgan fingerprint density at radius 2 is 2.12 bits per heavy atom. The van der Waals surface area contributed by atoms with Gasteiger partial charge in [-0.05, 0) is 43.1 Å². The van der Waals surface area contributed by atoms with E-state index in [0.29, 0.717) is 24.2 Å². The molecule has 138 valence electrons. The molecule has 2 aromatic rings. The van der Waals surface area contributed by atoms with Crippen LogP contribution in [0, 0.1) is 0 Å². The fraction of sp³-hybridized carbons (Fsp3) is 0.368. The molecule has 1 aliphatic rings. The van der Waals surface area contributed by atoms with Crippen LogP contribution in [0.3, 0.4) is 0 Å². The molecule has 1 N–H and O–H groups in total. The number of likely N-dealkylation sites (tertiary alicyclic amines) is 1. The van der Waals surface area contributed by atoms with E-state index in [2.05, 4.69) is 15.2 Å². The summed E-state index contributed by atoms with van der Waals surface area (Å²) in [4.78, 5) is 18.2. The molecule has 0 aliphatic carbocycles. The van der Waals surface area contributed by atoms with E-state index in [1.54, 1.807) is 24.4 Å².